The fraction of sp³-hybridized carbons (Fsp3) is 0.182. The van der Waals surface area contributed by atoms with Gasteiger partial charge < -0.3 is 20.4 Å². The van der Waals surface area contributed by atoms with E-state index in [-0.39, 0.29) is 5.56 Å². The second kappa shape index (κ2) is 4.94. The van der Waals surface area contributed by atoms with Gasteiger partial charge in [0.05, 0.1) is 0 Å². The molecule has 0 heterocycles. The van der Waals surface area contributed by atoms with Gasteiger partial charge in [0, 0.05) is 5.56 Å². The lowest BCUT2D eigenvalue weighted by Gasteiger charge is -2.24. The summed E-state index contributed by atoms with van der Waals surface area (Å²) in [6.07, 6.45) is -2.76. The molecule has 0 aliphatic carbocycles. The van der Waals surface area contributed by atoms with Gasteiger partial charge in [-0.2, -0.15) is 0 Å². The molecule has 0 saturated heterocycles. The first-order chi connectivity index (χ1) is 8.31. The number of rotatable bonds is 5. The van der Waals surface area contributed by atoms with Crippen molar-refractivity contribution < 1.29 is 34.8 Å². The van der Waals surface area contributed by atoms with Crippen molar-refractivity contribution in [3.05, 3.63) is 35.9 Å². The van der Waals surface area contributed by atoms with Crippen molar-refractivity contribution >= 4 is 17.7 Å². The average molecular weight is 254 g/mol. The highest BCUT2D eigenvalue weighted by atomic mass is 16.4. The zero-order valence-electron chi connectivity index (χ0n) is 8.98. The van der Waals surface area contributed by atoms with E-state index < -0.39 is 29.4 Å². The molecular formula is C11H10O7. The van der Waals surface area contributed by atoms with E-state index >= 15 is 0 Å². The smallest absolute Gasteiger partial charge is 0.347 e. The summed E-state index contributed by atoms with van der Waals surface area (Å²) < 4.78 is 0. The topological polar surface area (TPSA) is 132 Å². The van der Waals surface area contributed by atoms with E-state index in [4.69, 9.17) is 10.2 Å². The van der Waals surface area contributed by atoms with Crippen LogP contribution in [-0.4, -0.2) is 49.9 Å². The van der Waals surface area contributed by atoms with E-state index in [2.05, 4.69) is 0 Å². The van der Waals surface area contributed by atoms with Crippen molar-refractivity contribution in [2.24, 2.45) is 0 Å². The van der Waals surface area contributed by atoms with Crippen LogP contribution in [0.5, 0.6) is 0 Å². The number of aliphatic hydroxyl groups excluding tert-OH is 1. The number of aliphatic carboxylic acids is 2. The van der Waals surface area contributed by atoms with Gasteiger partial charge in [-0.05, 0) is 0 Å². The molecule has 1 aromatic carbocycles. The van der Waals surface area contributed by atoms with Crippen molar-refractivity contribution in [3.63, 3.8) is 0 Å². The maximum absolute atomic E-state index is 11.8. The SMILES string of the molecule is O=C(O)C(O)C(O)(C(=O)O)C(=O)c1ccccc1. The Morgan fingerprint density at radius 1 is 1.06 bits per heavy atom. The fourth-order valence-electron chi connectivity index (χ4n) is 1.33. The Kier molecular flexibility index (Phi) is 3.79. The third-order valence-corrected chi connectivity index (χ3v) is 2.34. The molecule has 0 aliphatic rings. The minimum absolute atomic E-state index is 0.220. The summed E-state index contributed by atoms with van der Waals surface area (Å²) in [5.74, 6) is -5.54. The number of Topliss-reactive ketones (excluding diaryl/α,β-unsaturated/α-hetero) is 1. The molecule has 0 radical (unpaired) electrons. The maximum atomic E-state index is 11.8. The lowest BCUT2D eigenvalue weighted by atomic mass is 9.87. The largest absolute Gasteiger partial charge is 0.479 e. The van der Waals surface area contributed by atoms with Crippen LogP contribution in [-0.2, 0) is 9.59 Å². The van der Waals surface area contributed by atoms with Crippen LogP contribution in [0.25, 0.3) is 0 Å². The molecule has 1 rings (SSSR count). The fourth-order valence-corrected chi connectivity index (χ4v) is 1.33. The molecule has 96 valence electrons. The molecule has 0 fully saturated rings. The summed E-state index contributed by atoms with van der Waals surface area (Å²) >= 11 is 0. The molecule has 0 aliphatic heterocycles. The predicted octanol–water partition coefficient (Wildman–Crippen LogP) is -0.869. The zero-order chi connectivity index (χ0) is 13.9. The lowest BCUT2D eigenvalue weighted by molar-refractivity contribution is -0.175. The van der Waals surface area contributed by atoms with Crippen molar-refractivity contribution in [2.75, 3.05) is 0 Å². The minimum Gasteiger partial charge on any atom is -0.479 e. The number of ketones is 1. The Balaban J connectivity index is 3.26. The quantitative estimate of drug-likeness (QED) is 0.396. The number of aliphatic hydroxyl groups is 2. The van der Waals surface area contributed by atoms with Crippen LogP contribution < -0.4 is 0 Å². The molecular weight excluding hydrogens is 244 g/mol. The first-order valence-corrected chi connectivity index (χ1v) is 4.78. The lowest BCUT2D eigenvalue weighted by Crippen LogP contribution is -2.58. The Bertz CT molecular complexity index is 481. The van der Waals surface area contributed by atoms with Gasteiger partial charge in [0.15, 0.2) is 6.10 Å². The number of carbonyl (C=O) groups excluding carboxylic acids is 1. The second-order valence-corrected chi connectivity index (χ2v) is 3.51. The number of carboxylic acid groups (broad SMARTS) is 2. The third-order valence-electron chi connectivity index (χ3n) is 2.34. The van der Waals surface area contributed by atoms with Crippen molar-refractivity contribution in [1.29, 1.82) is 0 Å². The number of hydrogen-bond acceptors (Lipinski definition) is 5. The average Bonchev–Trinajstić information content (AvgIpc) is 2.36. The van der Waals surface area contributed by atoms with Crippen molar-refractivity contribution in [2.45, 2.75) is 11.7 Å². The minimum atomic E-state index is -3.42. The van der Waals surface area contributed by atoms with E-state index in [0.717, 1.165) is 0 Å². The molecule has 1 aromatic rings. The second-order valence-electron chi connectivity index (χ2n) is 3.51. The van der Waals surface area contributed by atoms with Crippen LogP contribution in [0.3, 0.4) is 0 Å². The van der Waals surface area contributed by atoms with E-state index in [9.17, 15) is 24.6 Å². The Morgan fingerprint density at radius 2 is 1.56 bits per heavy atom. The standard InChI is InChI=1S/C11H10O7/c12-7(6-4-2-1-3-5-6)11(18,10(16)17)8(13)9(14)15/h1-5,8,13,18H,(H,14,15)(H,16,17). The first-order valence-electron chi connectivity index (χ1n) is 4.78. The van der Waals surface area contributed by atoms with E-state index in [1.807, 2.05) is 0 Å². The van der Waals surface area contributed by atoms with Gasteiger partial charge in [0.25, 0.3) is 5.60 Å². The van der Waals surface area contributed by atoms with Gasteiger partial charge in [-0.15, -0.1) is 0 Å². The van der Waals surface area contributed by atoms with E-state index in [1.165, 1.54) is 24.3 Å². The molecule has 0 saturated carbocycles. The molecule has 7 heteroatoms. The summed E-state index contributed by atoms with van der Waals surface area (Å²) in [4.78, 5) is 33.2. The highest BCUT2D eigenvalue weighted by molar-refractivity contribution is 6.17. The molecule has 2 atom stereocenters. The molecule has 2 unspecified atom stereocenters. The van der Waals surface area contributed by atoms with Crippen LogP contribution >= 0.6 is 0 Å². The van der Waals surface area contributed by atoms with Gasteiger partial charge in [-0.3, -0.25) is 4.79 Å². The van der Waals surface area contributed by atoms with Gasteiger partial charge in [0.2, 0.25) is 5.78 Å². The summed E-state index contributed by atoms with van der Waals surface area (Å²) in [6, 6.07) is 6.76. The molecule has 4 N–H and O–H groups in total. The Hall–Kier alpha value is -2.25. The molecule has 0 amide bonds. The van der Waals surface area contributed by atoms with Gasteiger partial charge >= 0.3 is 11.9 Å². The van der Waals surface area contributed by atoms with Gasteiger partial charge in [-0.25, -0.2) is 9.59 Å². The highest BCUT2D eigenvalue weighted by Gasteiger charge is 2.54. The van der Waals surface area contributed by atoms with Crippen LogP contribution in [0.2, 0.25) is 0 Å². The predicted molar refractivity (Wildman–Crippen MR) is 57.0 cm³/mol. The monoisotopic (exact) mass is 254 g/mol. The normalized spacial score (nSPS) is 15.4. The number of carbonyl (C=O) groups is 3. The summed E-state index contributed by atoms with van der Waals surface area (Å²) in [5.41, 5.74) is -3.64. The summed E-state index contributed by atoms with van der Waals surface area (Å²) in [5, 5.41) is 36.2. The summed E-state index contributed by atoms with van der Waals surface area (Å²) in [7, 11) is 0. The molecule has 0 spiro atoms. The van der Waals surface area contributed by atoms with Gasteiger partial charge in [-0.1, -0.05) is 30.3 Å². The van der Waals surface area contributed by atoms with E-state index in [0.29, 0.717) is 0 Å². The van der Waals surface area contributed by atoms with Crippen molar-refractivity contribution in [3.8, 4) is 0 Å². The van der Waals surface area contributed by atoms with Gasteiger partial charge in [0.1, 0.15) is 0 Å². The van der Waals surface area contributed by atoms with E-state index in [1.54, 1.807) is 6.07 Å². The molecule has 7 nitrogen and oxygen atoms in total. The number of benzene rings is 1. The van der Waals surface area contributed by atoms with Crippen LogP contribution in [0.15, 0.2) is 30.3 Å². The number of hydrogen-bond donors (Lipinski definition) is 4. The molecule has 18 heavy (non-hydrogen) atoms. The zero-order valence-corrected chi connectivity index (χ0v) is 8.98. The summed E-state index contributed by atoms with van der Waals surface area (Å²) in [6.45, 7) is 0. The Morgan fingerprint density at radius 3 is 1.94 bits per heavy atom. The third kappa shape index (κ3) is 2.22. The van der Waals surface area contributed by atoms with Crippen LogP contribution in [0, 0.1) is 0 Å². The number of carboxylic acids is 2. The molecule has 0 aromatic heterocycles. The highest BCUT2D eigenvalue weighted by Crippen LogP contribution is 2.19. The molecule has 0 bridgehead atoms. The van der Waals surface area contributed by atoms with Crippen LogP contribution in [0.4, 0.5) is 0 Å². The van der Waals surface area contributed by atoms with Crippen LogP contribution in [0.1, 0.15) is 10.4 Å². The maximum Gasteiger partial charge on any atom is 0.347 e. The first kappa shape index (κ1) is 13.8. The Labute approximate surface area is 101 Å². The van der Waals surface area contributed by atoms with Crippen molar-refractivity contribution in [1.82, 2.24) is 0 Å².